The highest BCUT2D eigenvalue weighted by Crippen LogP contribution is 2.44. The van der Waals surface area contributed by atoms with Crippen LogP contribution in [0.5, 0.6) is 0 Å². The molecule has 1 unspecified atom stereocenters. The number of aliphatic hydroxyl groups is 3. The van der Waals surface area contributed by atoms with Crippen LogP contribution < -0.4 is 0 Å². The first-order valence-electron chi connectivity index (χ1n) is 25.3. The highest BCUT2D eigenvalue weighted by Gasteiger charge is 2.39. The van der Waals surface area contributed by atoms with Gasteiger partial charge in [0, 0.05) is 31.1 Å². The molecule has 0 spiro atoms. The van der Waals surface area contributed by atoms with Crippen LogP contribution in [0, 0.1) is 17.8 Å². The predicted molar refractivity (Wildman–Crippen MR) is 254 cm³/mol. The molecular formula is C48H90O16P2. The molecule has 0 saturated heterocycles. The van der Waals surface area contributed by atoms with Crippen LogP contribution >= 0.6 is 15.6 Å². The molecule has 0 aromatic carbocycles. The van der Waals surface area contributed by atoms with Crippen molar-refractivity contribution in [2.75, 3.05) is 26.4 Å². The second kappa shape index (κ2) is 38.2. The van der Waals surface area contributed by atoms with E-state index in [1.54, 1.807) is 12.2 Å². The fourth-order valence-corrected chi connectivity index (χ4v) is 9.23. The maximum absolute atomic E-state index is 12.8. The topological polar surface area (TPSA) is 253 Å². The first kappa shape index (κ1) is 62.5. The van der Waals surface area contributed by atoms with Crippen LogP contribution in [0.4, 0.5) is 0 Å². The maximum atomic E-state index is 12.8. The normalized spacial score (nSPS) is 19.1. The zero-order chi connectivity index (χ0) is 49.1. The van der Waals surface area contributed by atoms with Crippen LogP contribution in [0.25, 0.3) is 0 Å². The number of phosphoric acid groups is 2. The van der Waals surface area contributed by atoms with Crippen molar-refractivity contribution in [2.24, 2.45) is 17.8 Å². The van der Waals surface area contributed by atoms with Gasteiger partial charge < -0.3 is 39.5 Å². The van der Waals surface area contributed by atoms with E-state index >= 15 is 0 Å². The lowest BCUT2D eigenvalue weighted by molar-refractivity contribution is -0.161. The third-order valence-electron chi connectivity index (χ3n) is 12.0. The lowest BCUT2D eigenvalue weighted by Crippen LogP contribution is -2.30. The second-order valence-electron chi connectivity index (χ2n) is 18.7. The summed E-state index contributed by atoms with van der Waals surface area (Å²) in [4.78, 5) is 65.7. The number of ketones is 1. The van der Waals surface area contributed by atoms with Gasteiger partial charge in [0.1, 0.15) is 18.5 Å². The van der Waals surface area contributed by atoms with E-state index in [2.05, 4.69) is 25.3 Å². The largest absolute Gasteiger partial charge is 0.472 e. The van der Waals surface area contributed by atoms with Crippen molar-refractivity contribution < 1.29 is 76.6 Å². The van der Waals surface area contributed by atoms with Crippen LogP contribution in [0.3, 0.4) is 0 Å². The molecule has 0 aromatic rings. The van der Waals surface area contributed by atoms with E-state index in [1.807, 2.05) is 0 Å². The molecule has 16 nitrogen and oxygen atoms in total. The first-order valence-corrected chi connectivity index (χ1v) is 28.4. The van der Waals surface area contributed by atoms with Gasteiger partial charge in [-0.1, -0.05) is 174 Å². The van der Waals surface area contributed by atoms with Crippen LogP contribution in [-0.4, -0.2) is 98.6 Å². The van der Waals surface area contributed by atoms with Crippen molar-refractivity contribution in [3.05, 3.63) is 12.2 Å². The number of phosphoric ester groups is 2. The number of carbonyl (C=O) groups is 3. The predicted octanol–water partition coefficient (Wildman–Crippen LogP) is 10.1. The zero-order valence-corrected chi connectivity index (χ0v) is 42.5. The summed E-state index contributed by atoms with van der Waals surface area (Å²) in [6, 6.07) is 0. The summed E-state index contributed by atoms with van der Waals surface area (Å²) in [6.07, 6.45) is 26.7. The maximum Gasteiger partial charge on any atom is 0.472 e. The molecule has 0 amide bonds. The number of rotatable bonds is 44. The van der Waals surface area contributed by atoms with Gasteiger partial charge in [-0.15, -0.1) is 0 Å². The Kier molecular flexibility index (Phi) is 36.2. The average Bonchev–Trinajstić information content (AvgIpc) is 3.53. The van der Waals surface area contributed by atoms with Crippen molar-refractivity contribution in [3.8, 4) is 0 Å². The summed E-state index contributed by atoms with van der Waals surface area (Å²) in [7, 11) is -9.76. The Morgan fingerprint density at radius 3 is 1.68 bits per heavy atom. The summed E-state index contributed by atoms with van der Waals surface area (Å²) in [6.45, 7) is 3.77. The fourth-order valence-electron chi connectivity index (χ4n) is 8.08. The summed E-state index contributed by atoms with van der Waals surface area (Å²) in [5, 5.41) is 30.5. The van der Waals surface area contributed by atoms with Crippen molar-refractivity contribution >= 4 is 33.4 Å². The molecule has 0 bridgehead atoms. The lowest BCUT2D eigenvalue weighted by atomic mass is 9.88. The highest BCUT2D eigenvalue weighted by molar-refractivity contribution is 7.47. The van der Waals surface area contributed by atoms with Crippen molar-refractivity contribution in [1.82, 2.24) is 0 Å². The summed E-state index contributed by atoms with van der Waals surface area (Å²) < 4.78 is 48.0. The number of carbonyl (C=O) groups excluding carboxylic acids is 3. The first-order chi connectivity index (χ1) is 31.4. The van der Waals surface area contributed by atoms with Crippen LogP contribution in [0.15, 0.2) is 12.2 Å². The molecule has 1 fully saturated rings. The Balaban J connectivity index is 2.45. The monoisotopic (exact) mass is 985 g/mol. The molecular weight excluding hydrogens is 894 g/mol. The van der Waals surface area contributed by atoms with E-state index < -0.39 is 78.4 Å². The van der Waals surface area contributed by atoms with E-state index in [0.717, 1.165) is 57.3 Å². The Bertz CT molecular complexity index is 1390. The molecule has 0 radical (unpaired) electrons. The van der Waals surface area contributed by atoms with Gasteiger partial charge in [0.15, 0.2) is 6.10 Å². The van der Waals surface area contributed by atoms with Crippen molar-refractivity contribution in [2.45, 2.75) is 231 Å². The van der Waals surface area contributed by atoms with Crippen molar-refractivity contribution in [3.63, 3.8) is 0 Å². The van der Waals surface area contributed by atoms with Gasteiger partial charge in [0.05, 0.1) is 32.0 Å². The molecule has 18 heteroatoms. The number of aliphatic hydroxyl groups excluding tert-OH is 3. The van der Waals surface area contributed by atoms with Crippen LogP contribution in [0.1, 0.15) is 207 Å². The molecule has 0 heterocycles. The highest BCUT2D eigenvalue weighted by atomic mass is 31.2. The number of unbranched alkanes of at least 4 members (excludes halogenated alkanes) is 20. The standard InChI is InChI=1S/C48H90O16P2/c1-4-5-22-28-40(49)32-33-44-43(45(51)34-46(44)52)29-24-20-21-25-30-47(53)60-37-42(38-63-66(58,59)62-36-41(50)35-61-65(55,56)57)64-48(54)31-26-19-17-15-13-11-9-7-6-8-10-12-14-16-18-23-27-39(2)3/h32-33,39-44,46,49-50,52H,4-31,34-38H2,1-3H3,(H,58,59)(H2,55,56,57)/b33-32+/t40-,41-,42+,43+,44+,46+/m0/s1. The van der Waals surface area contributed by atoms with E-state index in [1.165, 1.54) is 77.0 Å². The van der Waals surface area contributed by atoms with Gasteiger partial charge in [0.25, 0.3) is 0 Å². The van der Waals surface area contributed by atoms with E-state index in [4.69, 9.17) is 28.3 Å². The zero-order valence-electron chi connectivity index (χ0n) is 40.7. The smallest absolute Gasteiger partial charge is 0.462 e. The molecule has 1 rings (SSSR count). The number of esters is 2. The average molecular weight is 985 g/mol. The fraction of sp³-hybridized carbons (Fsp3) is 0.896. The van der Waals surface area contributed by atoms with Gasteiger partial charge >= 0.3 is 27.6 Å². The van der Waals surface area contributed by atoms with Crippen molar-refractivity contribution in [1.29, 1.82) is 0 Å². The third kappa shape index (κ3) is 35.5. The Labute approximate surface area is 396 Å². The molecule has 1 aliphatic carbocycles. The molecule has 0 aliphatic heterocycles. The number of hydrogen-bond acceptors (Lipinski definition) is 13. The molecule has 66 heavy (non-hydrogen) atoms. The van der Waals surface area contributed by atoms with Gasteiger partial charge in [-0.25, -0.2) is 9.13 Å². The number of Topliss-reactive ketones (excluding diaryl/α,β-unsaturated/α-hetero) is 1. The Hall–Kier alpha value is -1.55. The minimum absolute atomic E-state index is 0.0141. The SMILES string of the molecule is CCCCC[C@H](O)/C=C/[C@H]1[C@H](O)CC(=O)[C@@H]1CCCCCCC(=O)OC[C@H](COP(=O)(O)OC[C@@H](O)COP(=O)(O)O)OC(=O)CCCCCCCCCCCCCCCCCCC(C)C. The van der Waals surface area contributed by atoms with Crippen LogP contribution in [-0.2, 0) is 46.6 Å². The molecule has 0 aromatic heterocycles. The quantitative estimate of drug-likeness (QED) is 0.0144. The van der Waals surface area contributed by atoms with E-state index in [9.17, 15) is 43.7 Å². The number of ether oxygens (including phenoxy) is 2. The van der Waals surface area contributed by atoms with Gasteiger partial charge in [-0.2, -0.15) is 0 Å². The summed E-state index contributed by atoms with van der Waals surface area (Å²) >= 11 is 0. The summed E-state index contributed by atoms with van der Waals surface area (Å²) in [5.74, 6) is -1.01. The summed E-state index contributed by atoms with van der Waals surface area (Å²) in [5.41, 5.74) is 0. The van der Waals surface area contributed by atoms with Crippen LogP contribution in [0.2, 0.25) is 0 Å². The van der Waals surface area contributed by atoms with Gasteiger partial charge in [0.2, 0.25) is 0 Å². The molecule has 1 aliphatic rings. The Morgan fingerprint density at radius 1 is 0.652 bits per heavy atom. The molecule has 7 atom stereocenters. The molecule has 6 N–H and O–H groups in total. The second-order valence-corrected chi connectivity index (χ2v) is 21.4. The third-order valence-corrected chi connectivity index (χ3v) is 13.4. The minimum atomic E-state index is -4.89. The van der Waals surface area contributed by atoms with Gasteiger partial charge in [-0.3, -0.25) is 28.0 Å². The molecule has 1 saturated carbocycles. The van der Waals surface area contributed by atoms with E-state index in [0.29, 0.717) is 38.5 Å². The van der Waals surface area contributed by atoms with E-state index in [-0.39, 0.29) is 36.9 Å². The molecule has 388 valence electrons. The minimum Gasteiger partial charge on any atom is -0.462 e. The Morgan fingerprint density at radius 2 is 1.14 bits per heavy atom. The van der Waals surface area contributed by atoms with Gasteiger partial charge in [-0.05, 0) is 31.6 Å². The number of hydrogen-bond donors (Lipinski definition) is 6. The lowest BCUT2D eigenvalue weighted by Gasteiger charge is -2.20.